The van der Waals surface area contributed by atoms with Gasteiger partial charge in [0, 0.05) is 18.7 Å². The van der Waals surface area contributed by atoms with E-state index in [0.717, 1.165) is 17.5 Å². The van der Waals surface area contributed by atoms with Gasteiger partial charge in [0.15, 0.2) is 0 Å². The van der Waals surface area contributed by atoms with Crippen LogP contribution in [-0.2, 0) is 4.79 Å². The first-order valence-corrected chi connectivity index (χ1v) is 5.92. The largest absolute Gasteiger partial charge is 0.359 e. The van der Waals surface area contributed by atoms with Crippen LogP contribution in [0.1, 0.15) is 25.3 Å². The molecule has 1 aromatic rings. The fourth-order valence-electron chi connectivity index (χ4n) is 1.65. The van der Waals surface area contributed by atoms with Gasteiger partial charge in [-0.05, 0) is 38.7 Å². The van der Waals surface area contributed by atoms with Crippen LogP contribution in [0.5, 0.6) is 0 Å². The topological polar surface area (TPSA) is 23.6 Å². The zero-order chi connectivity index (χ0) is 13.0. The molecule has 0 fully saturated rings. The van der Waals surface area contributed by atoms with E-state index in [0.29, 0.717) is 6.17 Å². The summed E-state index contributed by atoms with van der Waals surface area (Å²) in [5.74, 6) is -0.0272. The molecular weight excluding hydrogens is 212 g/mol. The van der Waals surface area contributed by atoms with Crippen LogP contribution in [0, 0.1) is 0 Å². The summed E-state index contributed by atoms with van der Waals surface area (Å²) in [7, 11) is 6.19. The van der Waals surface area contributed by atoms with Crippen LogP contribution < -0.4 is 4.90 Å². The minimum absolute atomic E-state index is 0.0272. The van der Waals surface area contributed by atoms with Gasteiger partial charge in [-0.3, -0.25) is 4.90 Å². The minimum Gasteiger partial charge on any atom is -0.359 e. The Morgan fingerprint density at radius 2 is 1.59 bits per heavy atom. The first-order chi connectivity index (χ1) is 7.97. The third-order valence-electron chi connectivity index (χ3n) is 3.34. The Labute approximate surface area is 104 Å². The fraction of sp³-hybridized carbons (Fsp3) is 0.500. The summed E-state index contributed by atoms with van der Waals surface area (Å²) in [4.78, 5) is 15.1. The van der Waals surface area contributed by atoms with Gasteiger partial charge in [-0.2, -0.15) is 0 Å². The van der Waals surface area contributed by atoms with Gasteiger partial charge in [0.1, 0.15) is 6.29 Å². The molecule has 1 rings (SSSR count). The molecule has 0 saturated carbocycles. The van der Waals surface area contributed by atoms with Gasteiger partial charge in [0.25, 0.3) is 0 Å². The molecule has 0 bridgehead atoms. The molecule has 17 heavy (non-hydrogen) atoms. The summed E-state index contributed by atoms with van der Waals surface area (Å²) >= 11 is 0. The first-order valence-electron chi connectivity index (χ1n) is 5.92. The van der Waals surface area contributed by atoms with Crippen molar-refractivity contribution in [2.45, 2.75) is 25.9 Å². The lowest BCUT2D eigenvalue weighted by atomic mass is 10.0. The fourth-order valence-corrected chi connectivity index (χ4v) is 1.65. The highest BCUT2D eigenvalue weighted by molar-refractivity contribution is 5.62. The number of anilines is 1. The monoisotopic (exact) mass is 234 g/mol. The molecule has 3 nitrogen and oxygen atoms in total. The molecule has 0 aliphatic rings. The molecule has 0 heterocycles. The summed E-state index contributed by atoms with van der Waals surface area (Å²) in [6, 6.07) is 8.17. The van der Waals surface area contributed by atoms with E-state index in [2.05, 4.69) is 50.0 Å². The number of rotatable bonds is 5. The third kappa shape index (κ3) is 3.30. The Hall–Kier alpha value is -1.35. The third-order valence-corrected chi connectivity index (χ3v) is 3.34. The van der Waals surface area contributed by atoms with Crippen molar-refractivity contribution in [2.75, 3.05) is 26.0 Å². The van der Waals surface area contributed by atoms with Gasteiger partial charge in [0.05, 0.1) is 6.17 Å². The van der Waals surface area contributed by atoms with Crippen molar-refractivity contribution in [3.05, 3.63) is 29.8 Å². The molecule has 0 saturated heterocycles. The van der Waals surface area contributed by atoms with E-state index in [1.54, 1.807) is 0 Å². The lowest BCUT2D eigenvalue weighted by Gasteiger charge is -2.32. The van der Waals surface area contributed by atoms with Crippen LogP contribution in [0.2, 0.25) is 0 Å². The number of carbonyl (C=O) groups excluding carboxylic acids is 1. The standard InChI is InChI=1S/C14H22N2O/c1-11(10-17)13-6-8-14(9-7-13)16(5)12(2)15(3)4/h6-12H,1-5H3. The summed E-state index contributed by atoms with van der Waals surface area (Å²) in [5.41, 5.74) is 2.22. The molecule has 0 aliphatic heterocycles. The maximum atomic E-state index is 10.7. The summed E-state index contributed by atoms with van der Waals surface area (Å²) in [6.45, 7) is 4.07. The Kier molecular flexibility index (Phi) is 4.70. The van der Waals surface area contributed by atoms with E-state index >= 15 is 0 Å². The molecule has 0 amide bonds. The highest BCUT2D eigenvalue weighted by Gasteiger charge is 2.12. The lowest BCUT2D eigenvalue weighted by molar-refractivity contribution is -0.108. The van der Waals surface area contributed by atoms with Gasteiger partial charge in [-0.15, -0.1) is 0 Å². The maximum Gasteiger partial charge on any atom is 0.127 e. The predicted octanol–water partition coefficient (Wildman–Crippen LogP) is 2.33. The predicted molar refractivity (Wildman–Crippen MR) is 72.5 cm³/mol. The Morgan fingerprint density at radius 3 is 2.00 bits per heavy atom. The van der Waals surface area contributed by atoms with Crippen LogP contribution in [-0.4, -0.2) is 38.5 Å². The molecule has 94 valence electrons. The van der Waals surface area contributed by atoms with Crippen molar-refractivity contribution in [2.24, 2.45) is 0 Å². The number of nitrogens with zero attached hydrogens (tertiary/aromatic N) is 2. The van der Waals surface area contributed by atoms with Crippen molar-refractivity contribution in [1.82, 2.24) is 4.90 Å². The number of hydrogen-bond donors (Lipinski definition) is 0. The zero-order valence-corrected chi connectivity index (χ0v) is 11.3. The molecule has 1 aromatic carbocycles. The van der Waals surface area contributed by atoms with Gasteiger partial charge in [-0.1, -0.05) is 19.1 Å². The second-order valence-corrected chi connectivity index (χ2v) is 4.72. The number of aldehydes is 1. The molecule has 2 unspecified atom stereocenters. The number of carbonyl (C=O) groups is 1. The van der Waals surface area contributed by atoms with Gasteiger partial charge in [-0.25, -0.2) is 0 Å². The first kappa shape index (κ1) is 13.7. The summed E-state index contributed by atoms with van der Waals surface area (Å²) in [6.07, 6.45) is 1.31. The van der Waals surface area contributed by atoms with Crippen molar-refractivity contribution < 1.29 is 4.79 Å². The van der Waals surface area contributed by atoms with Crippen LogP contribution >= 0.6 is 0 Å². The Morgan fingerprint density at radius 1 is 1.06 bits per heavy atom. The molecule has 0 radical (unpaired) electrons. The number of hydrogen-bond acceptors (Lipinski definition) is 3. The van der Waals surface area contributed by atoms with Crippen molar-refractivity contribution >= 4 is 12.0 Å². The molecule has 3 heteroatoms. The van der Waals surface area contributed by atoms with E-state index in [-0.39, 0.29) is 5.92 Å². The quantitative estimate of drug-likeness (QED) is 0.577. The molecule has 2 atom stereocenters. The van der Waals surface area contributed by atoms with Crippen molar-refractivity contribution in [1.29, 1.82) is 0 Å². The second kappa shape index (κ2) is 5.82. The average Bonchev–Trinajstić information content (AvgIpc) is 2.36. The molecule has 0 spiro atoms. The van der Waals surface area contributed by atoms with E-state index < -0.39 is 0 Å². The highest BCUT2D eigenvalue weighted by Crippen LogP contribution is 2.20. The molecular formula is C14H22N2O. The van der Waals surface area contributed by atoms with E-state index in [1.807, 2.05) is 19.1 Å². The van der Waals surface area contributed by atoms with Gasteiger partial charge >= 0.3 is 0 Å². The maximum absolute atomic E-state index is 10.7. The van der Waals surface area contributed by atoms with Crippen LogP contribution in [0.15, 0.2) is 24.3 Å². The van der Waals surface area contributed by atoms with E-state index in [4.69, 9.17) is 0 Å². The van der Waals surface area contributed by atoms with Crippen LogP contribution in [0.3, 0.4) is 0 Å². The van der Waals surface area contributed by atoms with Gasteiger partial charge in [0.2, 0.25) is 0 Å². The summed E-state index contributed by atoms with van der Waals surface area (Å²) in [5, 5.41) is 0. The lowest BCUT2D eigenvalue weighted by Crippen LogP contribution is -2.40. The van der Waals surface area contributed by atoms with Crippen LogP contribution in [0.25, 0.3) is 0 Å². The number of benzene rings is 1. The Bertz CT molecular complexity index is 359. The minimum atomic E-state index is -0.0272. The highest BCUT2D eigenvalue weighted by atomic mass is 16.1. The zero-order valence-electron chi connectivity index (χ0n) is 11.3. The van der Waals surface area contributed by atoms with Gasteiger partial charge < -0.3 is 9.69 Å². The Balaban J connectivity index is 2.83. The van der Waals surface area contributed by atoms with E-state index in [9.17, 15) is 4.79 Å². The SMILES string of the molecule is CC(C=O)c1ccc(N(C)C(C)N(C)C)cc1. The average molecular weight is 234 g/mol. The van der Waals surface area contributed by atoms with Crippen molar-refractivity contribution in [3.8, 4) is 0 Å². The second-order valence-electron chi connectivity index (χ2n) is 4.72. The normalized spacial score (nSPS) is 14.5. The van der Waals surface area contributed by atoms with Crippen molar-refractivity contribution in [3.63, 3.8) is 0 Å². The summed E-state index contributed by atoms with van der Waals surface area (Å²) < 4.78 is 0. The molecule has 0 aliphatic carbocycles. The smallest absolute Gasteiger partial charge is 0.127 e. The molecule has 0 N–H and O–H groups in total. The van der Waals surface area contributed by atoms with E-state index in [1.165, 1.54) is 0 Å². The molecule has 0 aromatic heterocycles. The van der Waals surface area contributed by atoms with Crippen LogP contribution in [0.4, 0.5) is 5.69 Å².